The Hall–Kier alpha value is -3.02. The van der Waals surface area contributed by atoms with E-state index in [1.165, 1.54) is 11.1 Å². The molecule has 2 N–H and O–H groups in total. The van der Waals surface area contributed by atoms with Crippen molar-refractivity contribution >= 4 is 0 Å². The molecule has 0 fully saturated rings. The molecule has 0 saturated heterocycles. The summed E-state index contributed by atoms with van der Waals surface area (Å²) in [5.41, 5.74) is 3.15. The lowest BCUT2D eigenvalue weighted by molar-refractivity contribution is 0.0528. The Kier molecular flexibility index (Phi) is 7.99. The second-order valence-electron chi connectivity index (χ2n) is 9.71. The van der Waals surface area contributed by atoms with Gasteiger partial charge in [-0.05, 0) is 56.1 Å². The van der Waals surface area contributed by atoms with Gasteiger partial charge in [-0.2, -0.15) is 0 Å². The van der Waals surface area contributed by atoms with Crippen LogP contribution in [-0.4, -0.2) is 43.6 Å². The third-order valence-corrected chi connectivity index (χ3v) is 6.66. The molecule has 35 heavy (non-hydrogen) atoms. The monoisotopic (exact) mass is 475 g/mol. The molecule has 1 heterocycles. The largest absolute Gasteiger partial charge is 0.497 e. The van der Waals surface area contributed by atoms with Crippen LogP contribution in [0, 0.1) is 0 Å². The summed E-state index contributed by atoms with van der Waals surface area (Å²) in [5, 5.41) is 13.4. The molecule has 3 aromatic rings. The van der Waals surface area contributed by atoms with Gasteiger partial charge in [-0.25, -0.2) is 0 Å². The third kappa shape index (κ3) is 5.80. The van der Waals surface area contributed by atoms with E-state index in [0.29, 0.717) is 6.54 Å². The number of ether oxygens (including phenoxy) is 3. The van der Waals surface area contributed by atoms with E-state index in [2.05, 4.69) is 68.6 Å². The van der Waals surface area contributed by atoms with Crippen molar-refractivity contribution in [3.63, 3.8) is 0 Å². The average Bonchev–Trinajstić information content (AvgIpc) is 2.87. The molecule has 0 amide bonds. The van der Waals surface area contributed by atoms with Crippen LogP contribution in [0.3, 0.4) is 0 Å². The third-order valence-electron chi connectivity index (χ3n) is 6.66. The maximum Gasteiger partial charge on any atom is 0.127 e. The van der Waals surface area contributed by atoms with Crippen molar-refractivity contribution in [3.8, 4) is 17.2 Å². The van der Waals surface area contributed by atoms with Gasteiger partial charge < -0.3 is 24.6 Å². The molecule has 4 rings (SSSR count). The lowest BCUT2D eigenvalue weighted by Gasteiger charge is -2.45. The Bertz CT molecular complexity index is 1080. The maximum absolute atomic E-state index is 10.2. The predicted octanol–water partition coefficient (Wildman–Crippen LogP) is 5.52. The van der Waals surface area contributed by atoms with Crippen molar-refractivity contribution in [3.05, 3.63) is 89.5 Å². The van der Waals surface area contributed by atoms with Gasteiger partial charge in [-0.3, -0.25) is 0 Å². The molecule has 1 aliphatic heterocycles. The first-order chi connectivity index (χ1) is 16.9. The van der Waals surface area contributed by atoms with Crippen molar-refractivity contribution in [1.82, 2.24) is 5.32 Å². The van der Waals surface area contributed by atoms with Gasteiger partial charge in [0.15, 0.2) is 0 Å². The minimum absolute atomic E-state index is 0.0972. The van der Waals surface area contributed by atoms with E-state index in [4.69, 9.17) is 14.2 Å². The molecule has 3 atom stereocenters. The predicted molar refractivity (Wildman–Crippen MR) is 140 cm³/mol. The summed E-state index contributed by atoms with van der Waals surface area (Å²) in [4.78, 5) is 0. The Morgan fingerprint density at radius 3 is 2.37 bits per heavy atom. The van der Waals surface area contributed by atoms with E-state index in [0.717, 1.165) is 35.8 Å². The highest BCUT2D eigenvalue weighted by Crippen LogP contribution is 2.53. The first kappa shape index (κ1) is 25.1. The molecule has 0 radical (unpaired) electrons. The molecule has 1 aliphatic rings. The van der Waals surface area contributed by atoms with Crippen LogP contribution in [0.4, 0.5) is 0 Å². The van der Waals surface area contributed by atoms with Crippen LogP contribution in [0.2, 0.25) is 0 Å². The second-order valence-corrected chi connectivity index (χ2v) is 9.71. The van der Waals surface area contributed by atoms with Gasteiger partial charge in [0.1, 0.15) is 35.6 Å². The van der Waals surface area contributed by atoms with Crippen LogP contribution >= 0.6 is 0 Å². The highest BCUT2D eigenvalue weighted by molar-refractivity contribution is 5.52. The zero-order valence-electron chi connectivity index (χ0n) is 21.2. The number of fused-ring (bicyclic) bond motifs is 1. The lowest BCUT2D eigenvalue weighted by Crippen LogP contribution is -2.43. The van der Waals surface area contributed by atoms with Crippen molar-refractivity contribution in [1.29, 1.82) is 0 Å². The van der Waals surface area contributed by atoms with Gasteiger partial charge in [-0.15, -0.1) is 0 Å². The van der Waals surface area contributed by atoms with E-state index in [9.17, 15) is 5.11 Å². The summed E-state index contributed by atoms with van der Waals surface area (Å²) in [7, 11) is 1.68. The van der Waals surface area contributed by atoms with E-state index < -0.39 is 11.7 Å². The van der Waals surface area contributed by atoms with E-state index in [-0.39, 0.29) is 18.4 Å². The Balaban J connectivity index is 1.63. The van der Waals surface area contributed by atoms with Crippen LogP contribution in [-0.2, 0) is 0 Å². The number of rotatable bonds is 10. The van der Waals surface area contributed by atoms with Crippen LogP contribution in [0.1, 0.15) is 55.7 Å². The fourth-order valence-electron chi connectivity index (χ4n) is 5.01. The number of aliphatic hydroxyl groups is 1. The molecule has 186 valence electrons. The van der Waals surface area contributed by atoms with E-state index in [1.54, 1.807) is 7.11 Å². The average molecular weight is 476 g/mol. The van der Waals surface area contributed by atoms with Gasteiger partial charge in [0.25, 0.3) is 0 Å². The minimum Gasteiger partial charge on any atom is -0.497 e. The van der Waals surface area contributed by atoms with Crippen LogP contribution in [0.25, 0.3) is 0 Å². The Morgan fingerprint density at radius 1 is 0.971 bits per heavy atom. The number of nitrogens with one attached hydrogen (secondary N) is 1. The summed E-state index contributed by atoms with van der Waals surface area (Å²) < 4.78 is 17.9. The molecule has 5 nitrogen and oxygen atoms in total. The SMILES string of the molecule is CCCNCC(O)COc1ccc([C@@H]2c3ccc(OC)cc3OC(C)(C)[C@H]2c2ccccc2)cc1. The van der Waals surface area contributed by atoms with Gasteiger partial charge in [0, 0.05) is 30.0 Å². The number of hydrogen-bond donors (Lipinski definition) is 2. The molecule has 0 aromatic heterocycles. The van der Waals surface area contributed by atoms with Crippen LogP contribution < -0.4 is 19.5 Å². The van der Waals surface area contributed by atoms with Crippen LogP contribution in [0.15, 0.2) is 72.8 Å². The molecule has 0 bridgehead atoms. The summed E-state index contributed by atoms with van der Waals surface area (Å²) in [5.74, 6) is 2.60. The Labute approximate surface area is 209 Å². The van der Waals surface area contributed by atoms with Crippen molar-refractivity contribution in [2.45, 2.75) is 50.7 Å². The number of methoxy groups -OCH3 is 1. The number of benzene rings is 3. The molecular formula is C30H37NO4. The topological polar surface area (TPSA) is 60.0 Å². The quantitative estimate of drug-likeness (QED) is 0.378. The minimum atomic E-state index is -0.540. The molecule has 0 saturated carbocycles. The fourth-order valence-corrected chi connectivity index (χ4v) is 5.01. The first-order valence-electron chi connectivity index (χ1n) is 12.5. The zero-order valence-corrected chi connectivity index (χ0v) is 21.2. The van der Waals surface area contributed by atoms with E-state index >= 15 is 0 Å². The highest BCUT2D eigenvalue weighted by atomic mass is 16.5. The lowest BCUT2D eigenvalue weighted by atomic mass is 9.68. The van der Waals surface area contributed by atoms with Crippen molar-refractivity contribution in [2.75, 3.05) is 26.8 Å². The summed E-state index contributed by atoms with van der Waals surface area (Å²) >= 11 is 0. The first-order valence-corrected chi connectivity index (χ1v) is 12.5. The van der Waals surface area contributed by atoms with Gasteiger partial charge in [0.2, 0.25) is 0 Å². The Morgan fingerprint density at radius 2 is 1.69 bits per heavy atom. The van der Waals surface area contributed by atoms with Gasteiger partial charge >= 0.3 is 0 Å². The standard InChI is InChI=1S/C30H37NO4/c1-5-17-31-19-23(32)20-34-24-13-11-21(12-14-24)28-26-16-15-25(33-4)18-27(26)35-30(2,3)29(28)22-9-7-6-8-10-22/h6-16,18,23,28-29,31-32H,5,17,19-20H2,1-4H3/t23?,28-,29+/m1/s1. The molecule has 1 unspecified atom stereocenters. The fraction of sp³-hybridized carbons (Fsp3) is 0.400. The maximum atomic E-state index is 10.2. The van der Waals surface area contributed by atoms with Crippen LogP contribution in [0.5, 0.6) is 17.2 Å². The summed E-state index contributed by atoms with van der Waals surface area (Å²) in [6.07, 6.45) is 0.500. The molecule has 3 aromatic carbocycles. The van der Waals surface area contributed by atoms with Gasteiger partial charge in [0.05, 0.1) is 7.11 Å². The molecule has 5 heteroatoms. The highest BCUT2D eigenvalue weighted by Gasteiger charge is 2.45. The number of aliphatic hydroxyl groups excluding tert-OH is 1. The van der Waals surface area contributed by atoms with Crippen molar-refractivity contribution in [2.24, 2.45) is 0 Å². The zero-order chi connectivity index (χ0) is 24.8. The number of hydrogen-bond acceptors (Lipinski definition) is 5. The summed E-state index contributed by atoms with van der Waals surface area (Å²) in [6, 6.07) is 24.9. The smallest absolute Gasteiger partial charge is 0.127 e. The van der Waals surface area contributed by atoms with E-state index in [1.807, 2.05) is 30.3 Å². The molecular weight excluding hydrogens is 438 g/mol. The summed E-state index contributed by atoms with van der Waals surface area (Å²) in [6.45, 7) is 8.10. The molecule has 0 aliphatic carbocycles. The normalized spacial score (nSPS) is 19.3. The molecule has 0 spiro atoms. The second kappa shape index (κ2) is 11.1. The van der Waals surface area contributed by atoms with Crippen molar-refractivity contribution < 1.29 is 19.3 Å². The van der Waals surface area contributed by atoms with Gasteiger partial charge in [-0.1, -0.05) is 55.5 Å².